The summed E-state index contributed by atoms with van der Waals surface area (Å²) in [4.78, 5) is 124. The maximum atomic E-state index is 14.9. The van der Waals surface area contributed by atoms with E-state index in [1.54, 1.807) is 25.1 Å². The van der Waals surface area contributed by atoms with Crippen molar-refractivity contribution < 1.29 is 165 Å². The summed E-state index contributed by atoms with van der Waals surface area (Å²) >= 11 is 0. The number of methoxy groups -OCH3 is 2. The molecule has 0 saturated carbocycles. The van der Waals surface area contributed by atoms with Gasteiger partial charge in [0.25, 0.3) is 11.8 Å². The maximum absolute atomic E-state index is 14.9. The van der Waals surface area contributed by atoms with E-state index < -0.39 is 135 Å². The second kappa shape index (κ2) is 45.1. The highest BCUT2D eigenvalue weighted by Crippen LogP contribution is 2.45. The number of hydrogen-bond acceptors (Lipinski definition) is 35. The van der Waals surface area contributed by atoms with Crippen molar-refractivity contribution in [2.24, 2.45) is 11.6 Å². The van der Waals surface area contributed by atoms with Crippen LogP contribution in [0.4, 0.5) is 21.0 Å². The lowest BCUT2D eigenvalue weighted by atomic mass is 9.98. The minimum absolute atomic E-state index is 0.000785. The summed E-state index contributed by atoms with van der Waals surface area (Å²) in [5.74, 6) is 1.44. The van der Waals surface area contributed by atoms with Crippen LogP contribution in [0.25, 0.3) is 0 Å². The number of carboxylic acid groups (broad SMARTS) is 1. The second-order valence-corrected chi connectivity index (χ2v) is 29.3. The van der Waals surface area contributed by atoms with Gasteiger partial charge in [0.2, 0.25) is 12.6 Å². The number of amides is 4. The Morgan fingerprint density at radius 3 is 1.54 bits per heavy atom. The smallest absolute Gasteiger partial charge is 0.416 e. The lowest BCUT2D eigenvalue weighted by Gasteiger charge is -2.38. The molecule has 123 heavy (non-hydrogen) atoms. The summed E-state index contributed by atoms with van der Waals surface area (Å²) < 4.78 is 87.1. The summed E-state index contributed by atoms with van der Waals surface area (Å²) in [5.41, 5.74) is 8.10. The molecule has 6 aliphatic rings. The monoisotopic (exact) mass is 1730 g/mol. The minimum Gasteiger partial charge on any atom is -0.493 e. The van der Waals surface area contributed by atoms with Crippen molar-refractivity contribution in [3.05, 3.63) is 153 Å². The van der Waals surface area contributed by atoms with Gasteiger partial charge < -0.3 is 137 Å². The lowest BCUT2D eigenvalue weighted by Crippen LogP contribution is -2.61. The molecule has 0 aliphatic carbocycles. The number of ketones is 2. The van der Waals surface area contributed by atoms with Crippen LogP contribution in [0.1, 0.15) is 108 Å². The average molecular weight is 1730 g/mol. The second-order valence-electron chi connectivity index (χ2n) is 29.3. The van der Waals surface area contributed by atoms with Gasteiger partial charge in [0.15, 0.2) is 41.6 Å². The first-order valence-corrected chi connectivity index (χ1v) is 39.3. The molecule has 4 saturated heterocycles. The zero-order chi connectivity index (χ0) is 88.7. The van der Waals surface area contributed by atoms with Crippen LogP contribution in [-0.4, -0.2) is 296 Å². The molecule has 0 bridgehead atoms. The summed E-state index contributed by atoms with van der Waals surface area (Å²) in [6.45, 7) is 10.5. The summed E-state index contributed by atoms with van der Waals surface area (Å²) in [6, 6.07) is 17.0. The molecule has 11 rings (SSSR count). The van der Waals surface area contributed by atoms with E-state index in [-0.39, 0.29) is 211 Å². The molecule has 0 aromatic heterocycles. The number of rotatable bonds is 41. The van der Waals surface area contributed by atoms with Gasteiger partial charge in [0.05, 0.1) is 112 Å². The Morgan fingerprint density at radius 2 is 1.02 bits per heavy atom. The fourth-order valence-electron chi connectivity index (χ4n) is 14.4. The van der Waals surface area contributed by atoms with Gasteiger partial charge in [-0.2, -0.15) is 9.59 Å². The Balaban J connectivity index is 0.00000520. The highest BCUT2D eigenvalue weighted by Gasteiger charge is 2.51. The van der Waals surface area contributed by atoms with Crippen LogP contribution < -0.4 is 49.9 Å². The molecule has 6 heterocycles. The van der Waals surface area contributed by atoms with Crippen LogP contribution in [0.5, 0.6) is 34.5 Å². The van der Waals surface area contributed by atoms with Crippen molar-refractivity contribution >= 4 is 59.1 Å². The Morgan fingerprint density at radius 1 is 0.528 bits per heavy atom. The van der Waals surface area contributed by atoms with Gasteiger partial charge >= 0.3 is 24.3 Å². The zero-order valence-corrected chi connectivity index (χ0v) is 67.8. The van der Waals surface area contributed by atoms with Crippen molar-refractivity contribution in [1.82, 2.24) is 9.80 Å². The van der Waals surface area contributed by atoms with E-state index in [1.165, 1.54) is 84.7 Å². The molecule has 0 radical (unpaired) electrons. The molecule has 13 atom stereocenters. The molecule has 13 N–H and O–H groups in total. The molecule has 4 amide bonds. The quantitative estimate of drug-likeness (QED) is 0.0115. The van der Waals surface area contributed by atoms with E-state index in [0.717, 1.165) is 9.80 Å². The van der Waals surface area contributed by atoms with Crippen LogP contribution in [-0.2, 0) is 88.3 Å². The normalized spacial score (nSPS) is 22.8. The van der Waals surface area contributed by atoms with E-state index in [2.05, 4.69) is 18.0 Å². The zero-order valence-electron chi connectivity index (χ0n) is 67.8. The fourth-order valence-corrected chi connectivity index (χ4v) is 14.4. The van der Waals surface area contributed by atoms with E-state index in [9.17, 15) is 79.5 Å². The number of aliphatic hydroxyl groups excluding tert-OH is 8. The molecule has 4 fully saturated rings. The Kier molecular flexibility index (Phi) is 34.7. The first kappa shape index (κ1) is 94.6. The maximum Gasteiger partial charge on any atom is 0.416 e. The minimum atomic E-state index is -2.05. The average Bonchev–Trinajstić information content (AvgIpc) is 1.61. The van der Waals surface area contributed by atoms with E-state index >= 15 is 0 Å². The van der Waals surface area contributed by atoms with Gasteiger partial charge in [-0.25, -0.2) is 30.1 Å². The van der Waals surface area contributed by atoms with E-state index in [4.69, 9.17) is 92.3 Å². The molecule has 5 aromatic carbocycles. The molecule has 40 heteroatoms. The number of carboxylic acids is 1. The van der Waals surface area contributed by atoms with Crippen molar-refractivity contribution in [3.8, 4) is 34.5 Å². The van der Waals surface area contributed by atoms with E-state index in [0.29, 0.717) is 53.2 Å². The summed E-state index contributed by atoms with van der Waals surface area (Å²) in [5, 5.41) is 97.5. The number of anilines is 2. The van der Waals surface area contributed by atoms with Crippen molar-refractivity contribution in [2.75, 3.05) is 123 Å². The van der Waals surface area contributed by atoms with Crippen LogP contribution in [0.2, 0.25) is 0 Å². The standard InChI is InChI=1S/C82H102N6O32.CO2/c1-44-26-58-76(99)87(81(103)115-40-48-11-13-64(119-80-72(96)69(93)70(94)73(120-80)78(101)102)55(33-48)61(90)9-7-16-107-18-20-110-23-25-117-84)56-35-65(46(3)28-52(56)74(97)85(58)37-44)112-41-49-29-50(31-51(30-49)111-24-22-109-21-19-108-17-14-83)42-113-67-36-57-53(34-66(67)106-5)75(98)86-38-45(2)27-59(86)77(100)88(57)82(104)116-39-47-10-12-63(54(32-47)60(89)8-6-15-105-4)118-79-71(95)68(92)62(91)43-114-79;2-1-3/h10-13,28-36,58-59,62,68-73,76-77,79-80,91-96,99-100H,1-2,6-9,14-27,37-43,83-84H2,3-5H3,(H,101,102);/t58-,59?,62+,68-,69-,70-,71+,72+,73?,76?,77?,79-,80?;/m0./s1. The molecule has 40 nitrogen and oxygen atoms in total. The third kappa shape index (κ3) is 23.8. The van der Waals surface area contributed by atoms with Crippen LogP contribution in [0, 0.1) is 6.92 Å². The number of carbonyl (C=O) groups is 7. The largest absolute Gasteiger partial charge is 0.493 e. The Bertz CT molecular complexity index is 4580. The topological polar surface area (TPSA) is 548 Å². The predicted octanol–water partition coefficient (Wildman–Crippen LogP) is 2.03. The molecule has 5 unspecified atom stereocenters. The molecular formula is C83H102N6O34. The Hall–Kier alpha value is -10.7. The van der Waals surface area contributed by atoms with Gasteiger partial charge in [-0.3, -0.25) is 19.2 Å². The van der Waals surface area contributed by atoms with Gasteiger partial charge in [0, 0.05) is 64.9 Å². The van der Waals surface area contributed by atoms with Gasteiger partial charge in [0.1, 0.15) is 92.7 Å². The van der Waals surface area contributed by atoms with Crippen molar-refractivity contribution in [1.29, 1.82) is 0 Å². The van der Waals surface area contributed by atoms with Crippen molar-refractivity contribution in [3.63, 3.8) is 0 Å². The number of Topliss-reactive ketones (excluding diaryl/α,β-unsaturated/α-hetero) is 2. The van der Waals surface area contributed by atoms with Crippen LogP contribution in [0.3, 0.4) is 0 Å². The highest BCUT2D eigenvalue weighted by atomic mass is 16.7. The number of aliphatic hydroxyl groups is 8. The number of carbonyl (C=O) groups excluding carboxylic acids is 8. The van der Waals surface area contributed by atoms with E-state index in [1.807, 2.05) is 0 Å². The predicted molar refractivity (Wildman–Crippen MR) is 422 cm³/mol. The number of fused-ring (bicyclic) bond motifs is 4. The van der Waals surface area contributed by atoms with Gasteiger partial charge in [-0.1, -0.05) is 36.4 Å². The summed E-state index contributed by atoms with van der Waals surface area (Å²) in [6.07, 6.45) is -21.2. The summed E-state index contributed by atoms with van der Waals surface area (Å²) in [7, 11) is 2.82. The van der Waals surface area contributed by atoms with Crippen molar-refractivity contribution in [2.45, 2.75) is 152 Å². The molecule has 668 valence electrons. The molecular weight excluding hydrogens is 1620 g/mol. The SMILES string of the molecule is C=C1CC2C(O)N(C(=O)OCc3ccc(O[C@@H]4OC[C@@H](O)[C@H](O)[C@H]4O)c(C(=O)CCCOC)c3)c3cc(OCc4cc(COc5cc6c(cc5C)C(=O)N5CC(=C)C[C@H]5C(O)N6C(=O)OCc5ccc(OC6OC(C(=O)O)[C@@H](O)[C@H](O)[C@H]6O)c(C(=O)CCCOCCOCCON)c5)cc(OCCOCCOCCN)c4)c(OC)cc3C(=O)N2C1.O=C=O. The number of aryl methyl sites for hydroxylation is 1. The number of aliphatic carboxylic acids is 1. The first-order valence-electron chi connectivity index (χ1n) is 39.3. The molecule has 6 aliphatic heterocycles. The molecule has 5 aromatic rings. The Labute approximate surface area is 705 Å². The number of ether oxygens (including phenoxy) is 15. The van der Waals surface area contributed by atoms with Crippen LogP contribution >= 0.6 is 0 Å². The van der Waals surface area contributed by atoms with Crippen LogP contribution in [0.15, 0.2) is 103 Å². The number of nitrogens with zero attached hydrogens (tertiary/aromatic N) is 4. The highest BCUT2D eigenvalue weighted by molar-refractivity contribution is 6.07. The lowest BCUT2D eigenvalue weighted by molar-refractivity contribution is -0.271. The fraction of sp³-hybridized carbons (Fsp3) is 0.494. The third-order valence-electron chi connectivity index (χ3n) is 20.5. The molecule has 0 spiro atoms. The van der Waals surface area contributed by atoms with Gasteiger partial charge in [-0.05, 0) is 115 Å². The number of nitrogens with two attached hydrogens (primary N) is 2. The number of benzene rings is 5. The van der Waals surface area contributed by atoms with Gasteiger partial charge in [-0.15, -0.1) is 0 Å². The number of hydrogen-bond donors (Lipinski definition) is 11. The first-order chi connectivity index (χ1) is 59.1. The third-order valence-corrected chi connectivity index (χ3v) is 20.5.